The Labute approximate surface area is 257 Å². The zero-order valence-corrected chi connectivity index (χ0v) is 32.4. The fourth-order valence-corrected chi connectivity index (χ4v) is 23.1. The van der Waals surface area contributed by atoms with Crippen LogP contribution in [0.1, 0.15) is 67.2 Å². The third-order valence-electron chi connectivity index (χ3n) is 6.39. The number of rotatable bonds is 30. The van der Waals surface area contributed by atoms with Gasteiger partial charge in [-0.15, -0.1) is 0 Å². The summed E-state index contributed by atoms with van der Waals surface area (Å²) in [5.74, 6) is 0. The number of ether oxygens (including phenoxy) is 4. The third kappa shape index (κ3) is 20.2. The van der Waals surface area contributed by atoms with Gasteiger partial charge in [-0.2, -0.15) is 0 Å². The van der Waals surface area contributed by atoms with Crippen LogP contribution in [-0.4, -0.2) is 100 Å². The second kappa shape index (κ2) is 23.8. The Hall–Kier alpha value is 0.508. The second-order valence-corrected chi connectivity index (χ2v) is 25.3. The predicted octanol–water partition coefficient (Wildman–Crippen LogP) is 7.10. The highest BCUT2D eigenvalue weighted by atomic mass is 28.5. The van der Waals surface area contributed by atoms with E-state index in [1.807, 2.05) is 13.8 Å². The fraction of sp³-hybridized carbons (Fsp3) is 1.00. The molecular weight excluding hydrogens is 593 g/mol. The van der Waals surface area contributed by atoms with Crippen LogP contribution in [0, 0.1) is 0 Å². The zero-order chi connectivity index (χ0) is 31.1. The van der Waals surface area contributed by atoms with Crippen molar-refractivity contribution in [1.82, 2.24) is 0 Å². The maximum absolute atomic E-state index is 7.23. The highest BCUT2D eigenvalue weighted by Crippen LogP contribution is 2.32. The molecule has 41 heavy (non-hydrogen) atoms. The smallest absolute Gasteiger partial charge is 0.328 e. The van der Waals surface area contributed by atoms with Gasteiger partial charge in [-0.25, -0.2) is 0 Å². The summed E-state index contributed by atoms with van der Waals surface area (Å²) in [5, 5.41) is 0. The molecule has 0 spiro atoms. The lowest BCUT2D eigenvalue weighted by Gasteiger charge is -2.44. The minimum absolute atomic E-state index is 0.585. The normalized spacial score (nSPS) is 18.0. The van der Waals surface area contributed by atoms with Gasteiger partial charge < -0.3 is 40.1 Å². The quantitative estimate of drug-likeness (QED) is 0.0593. The van der Waals surface area contributed by atoms with Gasteiger partial charge in [0.25, 0.3) is 0 Å². The summed E-state index contributed by atoms with van der Waals surface area (Å²) in [6.07, 6.45) is 3.93. The highest BCUT2D eigenvalue weighted by Gasteiger charge is 2.51. The first-order valence-electron chi connectivity index (χ1n) is 16.2. The van der Waals surface area contributed by atoms with Gasteiger partial charge in [0.2, 0.25) is 0 Å². The van der Waals surface area contributed by atoms with Gasteiger partial charge in [0.1, 0.15) is 0 Å². The summed E-state index contributed by atoms with van der Waals surface area (Å²) in [4.78, 5) is 0. The fourth-order valence-electron chi connectivity index (χ4n) is 4.55. The summed E-state index contributed by atoms with van der Waals surface area (Å²) in [6.45, 7) is 27.7. The van der Waals surface area contributed by atoms with Gasteiger partial charge in [-0.1, -0.05) is 27.7 Å². The van der Waals surface area contributed by atoms with Crippen molar-refractivity contribution in [2.75, 3.05) is 66.1 Å². The zero-order valence-electron chi connectivity index (χ0n) is 28.4. The average molecular weight is 659 g/mol. The van der Waals surface area contributed by atoms with E-state index in [1.165, 1.54) is 0 Å². The van der Waals surface area contributed by atoms with Crippen molar-refractivity contribution in [3.05, 3.63) is 0 Å². The lowest BCUT2D eigenvalue weighted by molar-refractivity contribution is 0.125. The maximum Gasteiger partial charge on any atom is 0.328 e. The van der Waals surface area contributed by atoms with E-state index in [0.717, 1.165) is 64.2 Å². The monoisotopic (exact) mass is 658 g/mol. The maximum atomic E-state index is 7.23. The Kier molecular flexibility index (Phi) is 24.1. The van der Waals surface area contributed by atoms with Gasteiger partial charge >= 0.3 is 34.2 Å². The topological polar surface area (TPSA) is 83.1 Å². The van der Waals surface area contributed by atoms with Crippen molar-refractivity contribution in [2.45, 2.75) is 118 Å². The highest BCUT2D eigenvalue weighted by molar-refractivity contribution is 6.88. The number of hydrogen-bond donors (Lipinski definition) is 0. The van der Waals surface area contributed by atoms with Crippen LogP contribution in [0.4, 0.5) is 0 Å². The van der Waals surface area contributed by atoms with E-state index in [4.69, 9.17) is 40.1 Å². The van der Waals surface area contributed by atoms with Crippen LogP contribution in [0.5, 0.6) is 0 Å². The van der Waals surface area contributed by atoms with E-state index in [9.17, 15) is 0 Å². The molecule has 0 fully saturated rings. The molecule has 0 aromatic heterocycles. The molecule has 4 unspecified atom stereocenters. The van der Waals surface area contributed by atoms with Crippen molar-refractivity contribution in [3.63, 3.8) is 0 Å². The van der Waals surface area contributed by atoms with Gasteiger partial charge in [-0.3, -0.25) is 0 Å². The summed E-state index contributed by atoms with van der Waals surface area (Å²) in [5.41, 5.74) is 0. The van der Waals surface area contributed by atoms with Gasteiger partial charge in [-0.05, 0) is 65.7 Å². The van der Waals surface area contributed by atoms with E-state index >= 15 is 0 Å². The Balaban J connectivity index is 6.14. The Bertz CT molecular complexity index is 577. The average Bonchev–Trinajstić information content (AvgIpc) is 2.90. The molecule has 0 saturated heterocycles. The Morgan fingerprint density at radius 3 is 0.829 bits per heavy atom. The minimum Gasteiger partial charge on any atom is -0.415 e. The Morgan fingerprint density at radius 2 is 0.585 bits per heavy atom. The number of hydrogen-bond acceptors (Lipinski definition) is 9. The molecule has 248 valence electrons. The largest absolute Gasteiger partial charge is 0.415 e. The molecule has 0 aliphatic carbocycles. The molecule has 0 aromatic carbocycles. The molecule has 4 atom stereocenters. The third-order valence-corrected chi connectivity index (χ3v) is 23.0. The molecule has 0 bridgehead atoms. The van der Waals surface area contributed by atoms with Crippen LogP contribution >= 0.6 is 0 Å². The standard InChI is InChI=1S/C28H66O9Si4/c1-11-17-29-21-25-38(7,33-15-5)35-40(9,27-23-31-19-13-3)37-41(10,28-24-32-20-14-4)36-39(8,34-16-6)26-22-30-18-12-2/h11-28H2,1-10H3. The van der Waals surface area contributed by atoms with E-state index in [0.29, 0.717) is 51.7 Å². The molecule has 9 nitrogen and oxygen atoms in total. The molecule has 0 aromatic rings. The van der Waals surface area contributed by atoms with Crippen LogP contribution in [-0.2, 0) is 40.1 Å². The molecule has 0 rings (SSSR count). The van der Waals surface area contributed by atoms with Gasteiger partial charge in [0.05, 0.1) is 0 Å². The van der Waals surface area contributed by atoms with Crippen molar-refractivity contribution in [2.24, 2.45) is 0 Å². The second-order valence-electron chi connectivity index (χ2n) is 11.2. The molecule has 0 aliphatic rings. The van der Waals surface area contributed by atoms with E-state index in [1.54, 1.807) is 0 Å². The van der Waals surface area contributed by atoms with Crippen LogP contribution in [0.2, 0.25) is 50.4 Å². The summed E-state index contributed by atoms with van der Waals surface area (Å²) >= 11 is 0. The molecule has 0 amide bonds. The molecular formula is C28H66O9Si4. The molecule has 0 N–H and O–H groups in total. The molecule has 0 radical (unpaired) electrons. The molecule has 0 saturated carbocycles. The summed E-state index contributed by atoms with van der Waals surface area (Å²) < 4.78 is 57.7. The first-order chi connectivity index (χ1) is 19.5. The lowest BCUT2D eigenvalue weighted by Crippen LogP contribution is -2.61. The van der Waals surface area contributed by atoms with Gasteiger partial charge in [0, 0.05) is 90.2 Å². The van der Waals surface area contributed by atoms with E-state index in [-0.39, 0.29) is 0 Å². The first-order valence-corrected chi connectivity index (χ1v) is 26.3. The van der Waals surface area contributed by atoms with E-state index in [2.05, 4.69) is 53.9 Å². The Morgan fingerprint density at radius 1 is 0.341 bits per heavy atom. The predicted molar refractivity (Wildman–Crippen MR) is 177 cm³/mol. The van der Waals surface area contributed by atoms with Crippen LogP contribution in [0.15, 0.2) is 0 Å². The first kappa shape index (κ1) is 41.5. The van der Waals surface area contributed by atoms with Gasteiger partial charge in [0.15, 0.2) is 0 Å². The summed E-state index contributed by atoms with van der Waals surface area (Å²) in [6, 6.07) is 2.91. The van der Waals surface area contributed by atoms with Crippen molar-refractivity contribution >= 4 is 34.2 Å². The summed E-state index contributed by atoms with van der Waals surface area (Å²) in [7, 11) is -10.9. The van der Waals surface area contributed by atoms with Crippen molar-refractivity contribution in [1.29, 1.82) is 0 Å². The minimum atomic E-state index is -2.84. The molecule has 13 heteroatoms. The molecule has 0 aliphatic heterocycles. The molecule has 0 heterocycles. The van der Waals surface area contributed by atoms with Crippen LogP contribution in [0.25, 0.3) is 0 Å². The van der Waals surface area contributed by atoms with Crippen LogP contribution < -0.4 is 0 Å². The van der Waals surface area contributed by atoms with Crippen molar-refractivity contribution < 1.29 is 40.1 Å². The van der Waals surface area contributed by atoms with Crippen LogP contribution in [0.3, 0.4) is 0 Å². The lowest BCUT2D eigenvalue weighted by atomic mass is 10.5. The van der Waals surface area contributed by atoms with Crippen molar-refractivity contribution in [3.8, 4) is 0 Å². The SMILES string of the molecule is CCCOCC[Si](C)(OCC)O[Si](C)(CCOCCC)O[Si](C)(CCOCCC)O[Si](C)(CCOCCC)OCC. The van der Waals surface area contributed by atoms with E-state index < -0.39 is 34.2 Å².